The number of halogens is 4. The Bertz CT molecular complexity index is 467. The van der Waals surface area contributed by atoms with Gasteiger partial charge < -0.3 is 0 Å². The van der Waals surface area contributed by atoms with Crippen molar-refractivity contribution < 1.29 is 17.6 Å². The number of benzene rings is 1. The molecule has 3 rings (SSSR count). The predicted octanol–water partition coefficient (Wildman–Crippen LogP) is 3.68. The van der Waals surface area contributed by atoms with E-state index in [9.17, 15) is 17.6 Å². The van der Waals surface area contributed by atoms with Gasteiger partial charge in [0.15, 0.2) is 23.3 Å². The van der Waals surface area contributed by atoms with Crippen LogP contribution >= 0.6 is 0 Å². The van der Waals surface area contributed by atoms with Gasteiger partial charge in [-0.2, -0.15) is 0 Å². The van der Waals surface area contributed by atoms with E-state index in [0.29, 0.717) is 6.42 Å². The Labute approximate surface area is 90.3 Å². The molecule has 86 valence electrons. The first-order chi connectivity index (χ1) is 7.61. The lowest BCUT2D eigenvalue weighted by molar-refractivity contribution is 0.400. The first kappa shape index (κ1) is 10.1. The third-order valence-electron chi connectivity index (χ3n) is 3.90. The van der Waals surface area contributed by atoms with Gasteiger partial charge in [0.05, 0.1) is 0 Å². The highest BCUT2D eigenvalue weighted by atomic mass is 19.2. The molecule has 0 nitrogen and oxygen atoms in total. The van der Waals surface area contributed by atoms with Gasteiger partial charge in [0.1, 0.15) is 0 Å². The topological polar surface area (TPSA) is 0 Å². The van der Waals surface area contributed by atoms with Crippen LogP contribution in [0.1, 0.15) is 36.3 Å². The summed E-state index contributed by atoms with van der Waals surface area (Å²) in [6.07, 6.45) is 2.94. The van der Waals surface area contributed by atoms with Crippen molar-refractivity contribution in [1.29, 1.82) is 0 Å². The van der Waals surface area contributed by atoms with E-state index in [0.717, 1.165) is 19.3 Å². The Morgan fingerprint density at radius 3 is 2.25 bits per heavy atom. The van der Waals surface area contributed by atoms with Gasteiger partial charge in [-0.25, -0.2) is 17.6 Å². The first-order valence-corrected chi connectivity index (χ1v) is 5.46. The van der Waals surface area contributed by atoms with Gasteiger partial charge in [-0.3, -0.25) is 0 Å². The van der Waals surface area contributed by atoms with Gasteiger partial charge >= 0.3 is 0 Å². The fourth-order valence-corrected chi connectivity index (χ4v) is 3.20. The molecule has 4 heteroatoms. The van der Waals surface area contributed by atoms with E-state index in [1.807, 2.05) is 0 Å². The second kappa shape index (κ2) is 3.22. The molecule has 0 spiro atoms. The van der Waals surface area contributed by atoms with Gasteiger partial charge in [-0.05, 0) is 36.7 Å². The van der Waals surface area contributed by atoms with Crippen LogP contribution in [-0.4, -0.2) is 0 Å². The van der Waals surface area contributed by atoms with Crippen molar-refractivity contribution in [3.8, 4) is 0 Å². The lowest BCUT2D eigenvalue weighted by Gasteiger charge is -2.11. The van der Waals surface area contributed by atoms with Crippen LogP contribution in [-0.2, 0) is 6.42 Å². The van der Waals surface area contributed by atoms with Crippen molar-refractivity contribution in [1.82, 2.24) is 0 Å². The molecule has 0 N–H and O–H groups in total. The highest BCUT2D eigenvalue weighted by Crippen LogP contribution is 2.50. The fourth-order valence-electron chi connectivity index (χ4n) is 3.20. The van der Waals surface area contributed by atoms with E-state index in [2.05, 4.69) is 0 Å². The summed E-state index contributed by atoms with van der Waals surface area (Å²) in [4.78, 5) is 0. The summed E-state index contributed by atoms with van der Waals surface area (Å²) in [5.74, 6) is -5.65. The predicted molar refractivity (Wildman–Crippen MR) is 50.1 cm³/mol. The molecule has 2 aliphatic carbocycles. The van der Waals surface area contributed by atoms with Crippen molar-refractivity contribution in [3.05, 3.63) is 34.4 Å². The lowest BCUT2D eigenvalue weighted by atomic mass is 9.96. The minimum atomic E-state index is -1.67. The summed E-state index contributed by atoms with van der Waals surface area (Å²) < 4.78 is 53.2. The molecule has 1 aromatic carbocycles. The molecule has 2 unspecified atom stereocenters. The molecule has 0 bridgehead atoms. The van der Waals surface area contributed by atoms with Crippen molar-refractivity contribution in [2.75, 3.05) is 0 Å². The Morgan fingerprint density at radius 2 is 1.50 bits per heavy atom. The molecule has 16 heavy (non-hydrogen) atoms. The summed E-state index contributed by atoms with van der Waals surface area (Å²) in [6.45, 7) is 0. The Morgan fingerprint density at radius 1 is 0.812 bits per heavy atom. The molecule has 0 amide bonds. The molecule has 1 fully saturated rings. The molecule has 2 aliphatic rings. The van der Waals surface area contributed by atoms with E-state index in [4.69, 9.17) is 0 Å². The van der Waals surface area contributed by atoms with Gasteiger partial charge in [0.2, 0.25) is 0 Å². The van der Waals surface area contributed by atoms with E-state index in [1.165, 1.54) is 0 Å². The van der Waals surface area contributed by atoms with Crippen molar-refractivity contribution >= 4 is 0 Å². The van der Waals surface area contributed by atoms with Crippen LogP contribution in [0.3, 0.4) is 0 Å². The van der Waals surface area contributed by atoms with E-state index in [1.54, 1.807) is 0 Å². The molecule has 1 aromatic rings. The highest BCUT2D eigenvalue weighted by molar-refractivity contribution is 5.40. The maximum Gasteiger partial charge on any atom is 0.197 e. The van der Waals surface area contributed by atoms with Crippen LogP contribution in [0.4, 0.5) is 17.6 Å². The van der Waals surface area contributed by atoms with Crippen molar-refractivity contribution in [2.45, 2.75) is 31.6 Å². The molecule has 0 saturated heterocycles. The zero-order valence-electron chi connectivity index (χ0n) is 8.49. The monoisotopic (exact) mass is 230 g/mol. The summed E-state index contributed by atoms with van der Waals surface area (Å²) in [5, 5.41) is 0. The third kappa shape index (κ3) is 1.10. The van der Waals surface area contributed by atoms with Crippen LogP contribution in [0.15, 0.2) is 0 Å². The average Bonchev–Trinajstić information content (AvgIpc) is 2.82. The molecular formula is C12H10F4. The SMILES string of the molecule is Fc1c(F)c(F)c2c(c1F)CC1CCCC21. The van der Waals surface area contributed by atoms with Gasteiger partial charge in [0, 0.05) is 5.56 Å². The van der Waals surface area contributed by atoms with Crippen LogP contribution in [0.5, 0.6) is 0 Å². The van der Waals surface area contributed by atoms with Crippen LogP contribution in [0, 0.1) is 29.2 Å². The van der Waals surface area contributed by atoms with Crippen molar-refractivity contribution in [3.63, 3.8) is 0 Å². The summed E-state index contributed by atoms with van der Waals surface area (Å²) in [6, 6.07) is 0. The lowest BCUT2D eigenvalue weighted by Crippen LogP contribution is -2.05. The Hall–Kier alpha value is -1.06. The zero-order chi connectivity index (χ0) is 11.4. The fraction of sp³-hybridized carbons (Fsp3) is 0.500. The molecule has 0 heterocycles. The van der Waals surface area contributed by atoms with Crippen molar-refractivity contribution in [2.24, 2.45) is 5.92 Å². The van der Waals surface area contributed by atoms with E-state index in [-0.39, 0.29) is 23.0 Å². The second-order valence-electron chi connectivity index (χ2n) is 4.65. The molecule has 0 radical (unpaired) electrons. The number of rotatable bonds is 0. The average molecular weight is 230 g/mol. The molecule has 1 saturated carbocycles. The second-order valence-corrected chi connectivity index (χ2v) is 4.65. The summed E-state index contributed by atoms with van der Waals surface area (Å²) in [7, 11) is 0. The molecular weight excluding hydrogens is 220 g/mol. The molecule has 0 aliphatic heterocycles. The Balaban J connectivity index is 2.25. The van der Waals surface area contributed by atoms with Crippen LogP contribution in [0.25, 0.3) is 0 Å². The number of fused-ring (bicyclic) bond motifs is 3. The smallest absolute Gasteiger partial charge is 0.197 e. The van der Waals surface area contributed by atoms with E-state index >= 15 is 0 Å². The van der Waals surface area contributed by atoms with Gasteiger partial charge in [-0.1, -0.05) is 6.42 Å². The first-order valence-electron chi connectivity index (χ1n) is 5.46. The minimum Gasteiger partial charge on any atom is -0.203 e. The van der Waals surface area contributed by atoms with Crippen LogP contribution < -0.4 is 0 Å². The van der Waals surface area contributed by atoms with E-state index < -0.39 is 23.3 Å². The molecule has 0 aromatic heterocycles. The normalized spacial score (nSPS) is 27.0. The Kier molecular flexibility index (Phi) is 2.03. The van der Waals surface area contributed by atoms with Gasteiger partial charge in [-0.15, -0.1) is 0 Å². The van der Waals surface area contributed by atoms with Gasteiger partial charge in [0.25, 0.3) is 0 Å². The maximum absolute atomic E-state index is 13.6. The number of hydrogen-bond acceptors (Lipinski definition) is 0. The summed E-state index contributed by atoms with van der Waals surface area (Å²) >= 11 is 0. The maximum atomic E-state index is 13.6. The zero-order valence-corrected chi connectivity index (χ0v) is 8.49. The van der Waals surface area contributed by atoms with Crippen LogP contribution in [0.2, 0.25) is 0 Å². The standard InChI is InChI=1S/C12H10F4/c13-9-7-4-5-2-1-3-6(5)8(7)10(14)12(16)11(9)15/h5-6H,1-4H2. The highest BCUT2D eigenvalue weighted by Gasteiger charge is 2.42. The third-order valence-corrected chi connectivity index (χ3v) is 3.90. The number of hydrogen-bond donors (Lipinski definition) is 0. The summed E-state index contributed by atoms with van der Waals surface area (Å²) in [5.41, 5.74) is 0.157. The minimum absolute atomic E-state index is 0.0612. The quantitative estimate of drug-likeness (QED) is 0.362. The largest absolute Gasteiger partial charge is 0.203 e. The molecule has 2 atom stereocenters.